The Labute approximate surface area is 142 Å². The molecule has 2 N–H and O–H groups in total. The highest BCUT2D eigenvalue weighted by molar-refractivity contribution is 5.68. The molecule has 0 aliphatic heterocycles. The summed E-state index contributed by atoms with van der Waals surface area (Å²) < 4.78 is 5.28. The van der Waals surface area contributed by atoms with Gasteiger partial charge in [-0.15, -0.1) is 0 Å². The highest BCUT2D eigenvalue weighted by Crippen LogP contribution is 2.21. The molecule has 0 radical (unpaired) electrons. The zero-order valence-corrected chi connectivity index (χ0v) is 15.9. The quantitative estimate of drug-likeness (QED) is 0.683. The van der Waals surface area contributed by atoms with Crippen molar-refractivity contribution in [3.05, 3.63) is 0 Å². The Morgan fingerprint density at radius 3 is 2.35 bits per heavy atom. The largest absolute Gasteiger partial charge is 0.444 e. The fraction of sp³-hybridized carbons (Fsp3) is 0.944. The number of nitrogens with zero attached hydrogens (tertiary/aromatic N) is 1. The molecule has 1 unspecified atom stereocenters. The molecule has 0 saturated heterocycles. The molecule has 0 spiro atoms. The van der Waals surface area contributed by atoms with Gasteiger partial charge in [0.25, 0.3) is 0 Å². The minimum atomic E-state index is -0.426. The average Bonchev–Trinajstić information content (AvgIpc) is 2.39. The lowest BCUT2D eigenvalue weighted by Crippen LogP contribution is -2.54. The van der Waals surface area contributed by atoms with Crippen LogP contribution in [-0.4, -0.2) is 54.4 Å². The van der Waals surface area contributed by atoms with Crippen molar-refractivity contribution in [2.45, 2.75) is 91.0 Å². The number of rotatable bonds is 9. The molecule has 136 valence electrons. The van der Waals surface area contributed by atoms with Crippen molar-refractivity contribution in [2.75, 3.05) is 19.6 Å². The Bertz CT molecular complexity index is 345. The maximum absolute atomic E-state index is 11.7. The summed E-state index contributed by atoms with van der Waals surface area (Å²) in [5, 5.41) is 6.61. The van der Waals surface area contributed by atoms with Crippen LogP contribution in [0.15, 0.2) is 0 Å². The van der Waals surface area contributed by atoms with Crippen LogP contribution in [0.3, 0.4) is 0 Å². The maximum atomic E-state index is 11.7. The Morgan fingerprint density at radius 2 is 1.83 bits per heavy atom. The molecule has 0 aromatic heterocycles. The lowest BCUT2D eigenvalue weighted by molar-refractivity contribution is 0.0463. The SMILES string of the molecule is CCN(CC)CCCC(C)NC1CC(NC(=O)OC(C)(C)C)C1. The van der Waals surface area contributed by atoms with Gasteiger partial charge in [0.15, 0.2) is 0 Å². The predicted molar refractivity (Wildman–Crippen MR) is 95.8 cm³/mol. The maximum Gasteiger partial charge on any atom is 0.407 e. The van der Waals surface area contributed by atoms with Crippen molar-refractivity contribution in [3.8, 4) is 0 Å². The number of ether oxygens (including phenoxy) is 1. The van der Waals surface area contributed by atoms with Crippen LogP contribution in [0, 0.1) is 0 Å². The van der Waals surface area contributed by atoms with Gasteiger partial charge in [-0.25, -0.2) is 4.79 Å². The predicted octanol–water partition coefficient (Wildman–Crippen LogP) is 3.14. The number of alkyl carbamates (subject to hydrolysis) is 1. The number of carbonyl (C=O) groups is 1. The van der Waals surface area contributed by atoms with Crippen LogP contribution in [0.25, 0.3) is 0 Å². The molecule has 0 bridgehead atoms. The summed E-state index contributed by atoms with van der Waals surface area (Å²) >= 11 is 0. The van der Waals surface area contributed by atoms with E-state index in [1.165, 1.54) is 19.4 Å². The first-order valence-corrected chi connectivity index (χ1v) is 9.21. The summed E-state index contributed by atoms with van der Waals surface area (Å²) in [6, 6.07) is 1.32. The van der Waals surface area contributed by atoms with Gasteiger partial charge in [-0.1, -0.05) is 13.8 Å². The second kappa shape index (κ2) is 9.48. The fourth-order valence-electron chi connectivity index (χ4n) is 2.99. The number of nitrogens with one attached hydrogen (secondary N) is 2. The lowest BCUT2D eigenvalue weighted by atomic mass is 9.86. The molecule has 23 heavy (non-hydrogen) atoms. The monoisotopic (exact) mass is 327 g/mol. The van der Waals surface area contributed by atoms with Crippen LogP contribution < -0.4 is 10.6 Å². The van der Waals surface area contributed by atoms with Gasteiger partial charge in [-0.05, 0) is 73.0 Å². The van der Waals surface area contributed by atoms with E-state index in [0.717, 1.165) is 25.9 Å². The van der Waals surface area contributed by atoms with E-state index in [-0.39, 0.29) is 12.1 Å². The van der Waals surface area contributed by atoms with Crippen molar-refractivity contribution in [1.29, 1.82) is 0 Å². The number of amides is 1. The third kappa shape index (κ3) is 8.56. The van der Waals surface area contributed by atoms with Crippen LogP contribution >= 0.6 is 0 Å². The topological polar surface area (TPSA) is 53.6 Å². The minimum Gasteiger partial charge on any atom is -0.444 e. The molecule has 0 heterocycles. The molecule has 5 heteroatoms. The van der Waals surface area contributed by atoms with Crippen LogP contribution in [0.2, 0.25) is 0 Å². The first-order valence-electron chi connectivity index (χ1n) is 9.21. The molecule has 0 aromatic carbocycles. The lowest BCUT2D eigenvalue weighted by Gasteiger charge is -2.38. The van der Waals surface area contributed by atoms with Crippen LogP contribution in [-0.2, 0) is 4.74 Å². The number of carbonyl (C=O) groups excluding carboxylic acids is 1. The summed E-state index contributed by atoms with van der Waals surface area (Å²) in [4.78, 5) is 14.2. The van der Waals surface area contributed by atoms with E-state index in [4.69, 9.17) is 4.74 Å². The third-order valence-electron chi connectivity index (χ3n) is 4.39. The fourth-order valence-corrected chi connectivity index (χ4v) is 2.99. The van der Waals surface area contributed by atoms with Gasteiger partial charge in [0.05, 0.1) is 0 Å². The van der Waals surface area contributed by atoms with Gasteiger partial charge in [0.2, 0.25) is 0 Å². The second-order valence-electron chi connectivity index (χ2n) is 7.75. The van der Waals surface area contributed by atoms with Gasteiger partial charge in [-0.2, -0.15) is 0 Å². The summed E-state index contributed by atoms with van der Waals surface area (Å²) in [6.07, 6.45) is 4.15. The van der Waals surface area contributed by atoms with E-state index < -0.39 is 5.60 Å². The van der Waals surface area contributed by atoms with Crippen molar-refractivity contribution in [2.24, 2.45) is 0 Å². The smallest absolute Gasteiger partial charge is 0.407 e. The average molecular weight is 328 g/mol. The standard InChI is InChI=1S/C18H37N3O2/c1-7-21(8-2)11-9-10-14(3)19-15-12-16(13-15)20-17(22)23-18(4,5)6/h14-16,19H,7-13H2,1-6H3,(H,20,22). The summed E-state index contributed by atoms with van der Waals surface area (Å²) in [5.41, 5.74) is -0.426. The zero-order valence-electron chi connectivity index (χ0n) is 15.9. The molecule has 1 atom stereocenters. The molecule has 5 nitrogen and oxygen atoms in total. The van der Waals surface area contributed by atoms with E-state index in [9.17, 15) is 4.79 Å². The highest BCUT2D eigenvalue weighted by atomic mass is 16.6. The first kappa shape index (κ1) is 20.2. The summed E-state index contributed by atoms with van der Waals surface area (Å²) in [5.74, 6) is 0. The molecule has 0 aromatic rings. The number of hydrogen-bond acceptors (Lipinski definition) is 4. The van der Waals surface area contributed by atoms with Crippen LogP contribution in [0.5, 0.6) is 0 Å². The number of hydrogen-bond donors (Lipinski definition) is 2. The van der Waals surface area contributed by atoms with Crippen molar-refractivity contribution >= 4 is 6.09 Å². The first-order chi connectivity index (χ1) is 10.7. The van der Waals surface area contributed by atoms with E-state index in [2.05, 4.69) is 36.3 Å². The normalized spacial score (nSPS) is 22.6. The van der Waals surface area contributed by atoms with Gasteiger partial charge < -0.3 is 20.3 Å². The van der Waals surface area contributed by atoms with Gasteiger partial charge in [-0.3, -0.25) is 0 Å². The molecule has 1 amide bonds. The molecule has 1 aliphatic carbocycles. The summed E-state index contributed by atoms with van der Waals surface area (Å²) in [7, 11) is 0. The second-order valence-corrected chi connectivity index (χ2v) is 7.75. The Kier molecular flexibility index (Phi) is 8.34. The van der Waals surface area contributed by atoms with Crippen molar-refractivity contribution < 1.29 is 9.53 Å². The van der Waals surface area contributed by atoms with E-state index in [1.807, 2.05) is 20.8 Å². The molecular weight excluding hydrogens is 290 g/mol. The van der Waals surface area contributed by atoms with Gasteiger partial charge in [0, 0.05) is 18.1 Å². The Balaban J connectivity index is 2.09. The van der Waals surface area contributed by atoms with Gasteiger partial charge in [0.1, 0.15) is 5.60 Å². The highest BCUT2D eigenvalue weighted by Gasteiger charge is 2.32. The minimum absolute atomic E-state index is 0.255. The Morgan fingerprint density at radius 1 is 1.22 bits per heavy atom. The molecule has 1 saturated carbocycles. The Hall–Kier alpha value is -0.810. The van der Waals surface area contributed by atoms with Gasteiger partial charge >= 0.3 is 6.09 Å². The molecular formula is C18H37N3O2. The zero-order chi connectivity index (χ0) is 17.5. The molecule has 1 aliphatic rings. The van der Waals surface area contributed by atoms with E-state index in [1.54, 1.807) is 0 Å². The van der Waals surface area contributed by atoms with Crippen molar-refractivity contribution in [3.63, 3.8) is 0 Å². The van der Waals surface area contributed by atoms with E-state index in [0.29, 0.717) is 12.1 Å². The third-order valence-corrected chi connectivity index (χ3v) is 4.39. The van der Waals surface area contributed by atoms with Crippen LogP contribution in [0.4, 0.5) is 4.79 Å². The van der Waals surface area contributed by atoms with E-state index >= 15 is 0 Å². The molecule has 1 rings (SSSR count). The molecule has 1 fully saturated rings. The van der Waals surface area contributed by atoms with Crippen molar-refractivity contribution in [1.82, 2.24) is 15.5 Å². The summed E-state index contributed by atoms with van der Waals surface area (Å²) in [6.45, 7) is 15.8. The van der Waals surface area contributed by atoms with Crippen LogP contribution in [0.1, 0.15) is 67.2 Å².